The fraction of sp³-hybridized carbons (Fsp3) is 0.273. The van der Waals surface area contributed by atoms with Crippen LogP contribution in [0.5, 0.6) is 0 Å². The predicted molar refractivity (Wildman–Crippen MR) is 67.5 cm³/mol. The fourth-order valence-electron chi connectivity index (χ4n) is 1.43. The van der Waals surface area contributed by atoms with E-state index in [1.807, 2.05) is 6.92 Å². The number of hydrogen-bond donors (Lipinski definition) is 1. The number of rotatable bonds is 4. The largest absolute Gasteiger partial charge is 0.289 e. The number of halogens is 1. The number of tetrazole rings is 1. The molecule has 1 N–H and O–H groups in total. The maximum absolute atomic E-state index is 11.9. The van der Waals surface area contributed by atoms with Crippen LogP contribution in [0.3, 0.4) is 0 Å². The van der Waals surface area contributed by atoms with Gasteiger partial charge in [0.15, 0.2) is 0 Å². The maximum Gasteiger partial charge on any atom is 0.258 e. The Kier molecular flexibility index (Phi) is 3.88. The molecule has 7 heteroatoms. The summed E-state index contributed by atoms with van der Waals surface area (Å²) in [7, 11) is 0. The summed E-state index contributed by atoms with van der Waals surface area (Å²) < 4.78 is 1.55. The number of carbonyl (C=O) groups excluding carboxylic acids is 1. The molecule has 6 nitrogen and oxygen atoms in total. The molecule has 0 saturated heterocycles. The standard InChI is InChI=1S/C11H12ClN5O/c1-2-7-17-11(14-15-16-17)13-10(18)8-3-5-9(12)6-4-8/h3-6H,2,7H2,1H3,(H,13,14,16,18). The number of amides is 1. The molecule has 1 aromatic carbocycles. The zero-order chi connectivity index (χ0) is 13.0. The number of aryl methyl sites for hydroxylation is 1. The van der Waals surface area contributed by atoms with Crippen LogP contribution in [0, 0.1) is 0 Å². The summed E-state index contributed by atoms with van der Waals surface area (Å²) in [5, 5.41) is 14.3. The molecule has 1 aromatic heterocycles. The molecule has 0 saturated carbocycles. The molecule has 1 heterocycles. The van der Waals surface area contributed by atoms with Crippen LogP contribution in [0.15, 0.2) is 24.3 Å². The second-order valence-corrected chi connectivity index (χ2v) is 4.12. The summed E-state index contributed by atoms with van der Waals surface area (Å²) in [6, 6.07) is 6.61. The molecule has 0 aliphatic carbocycles. The highest BCUT2D eigenvalue weighted by molar-refractivity contribution is 6.30. The van der Waals surface area contributed by atoms with E-state index in [4.69, 9.17) is 11.6 Å². The Morgan fingerprint density at radius 1 is 1.39 bits per heavy atom. The summed E-state index contributed by atoms with van der Waals surface area (Å²) in [5.41, 5.74) is 0.505. The van der Waals surface area contributed by atoms with E-state index in [0.717, 1.165) is 6.42 Å². The van der Waals surface area contributed by atoms with Gasteiger partial charge in [-0.3, -0.25) is 10.1 Å². The van der Waals surface area contributed by atoms with E-state index >= 15 is 0 Å². The molecule has 0 fully saturated rings. The van der Waals surface area contributed by atoms with Crippen molar-refractivity contribution in [2.75, 3.05) is 5.32 Å². The van der Waals surface area contributed by atoms with Crippen molar-refractivity contribution in [2.45, 2.75) is 19.9 Å². The number of carbonyl (C=O) groups is 1. The lowest BCUT2D eigenvalue weighted by Gasteiger charge is -2.05. The van der Waals surface area contributed by atoms with E-state index < -0.39 is 0 Å². The molecule has 0 bridgehead atoms. The Morgan fingerprint density at radius 2 is 2.11 bits per heavy atom. The highest BCUT2D eigenvalue weighted by Gasteiger charge is 2.11. The van der Waals surface area contributed by atoms with Crippen LogP contribution in [-0.4, -0.2) is 26.1 Å². The van der Waals surface area contributed by atoms with Crippen LogP contribution >= 0.6 is 11.6 Å². The van der Waals surface area contributed by atoms with Crippen LogP contribution in [0.4, 0.5) is 5.95 Å². The second-order valence-electron chi connectivity index (χ2n) is 3.69. The fourth-order valence-corrected chi connectivity index (χ4v) is 1.56. The summed E-state index contributed by atoms with van der Waals surface area (Å²) in [6.07, 6.45) is 0.884. The van der Waals surface area contributed by atoms with Crippen molar-refractivity contribution in [3.05, 3.63) is 34.9 Å². The van der Waals surface area contributed by atoms with Crippen LogP contribution in [0.2, 0.25) is 5.02 Å². The van der Waals surface area contributed by atoms with Gasteiger partial charge in [0.05, 0.1) is 0 Å². The maximum atomic E-state index is 11.9. The normalized spacial score (nSPS) is 10.3. The molecule has 2 rings (SSSR count). The minimum atomic E-state index is -0.265. The molecule has 0 unspecified atom stereocenters. The SMILES string of the molecule is CCCn1nnnc1NC(=O)c1ccc(Cl)cc1. The van der Waals surface area contributed by atoms with Gasteiger partial charge in [0.2, 0.25) is 5.95 Å². The molecule has 0 spiro atoms. The zero-order valence-corrected chi connectivity index (χ0v) is 10.6. The van der Waals surface area contributed by atoms with Gasteiger partial charge in [-0.05, 0) is 41.1 Å². The van der Waals surface area contributed by atoms with E-state index in [-0.39, 0.29) is 5.91 Å². The lowest BCUT2D eigenvalue weighted by atomic mass is 10.2. The van der Waals surface area contributed by atoms with Crippen molar-refractivity contribution >= 4 is 23.5 Å². The molecule has 94 valence electrons. The van der Waals surface area contributed by atoms with Crippen molar-refractivity contribution in [1.29, 1.82) is 0 Å². The zero-order valence-electron chi connectivity index (χ0n) is 9.80. The van der Waals surface area contributed by atoms with Gasteiger partial charge in [-0.25, -0.2) is 4.68 Å². The Bertz CT molecular complexity index is 537. The summed E-state index contributed by atoms with van der Waals surface area (Å²) in [6.45, 7) is 2.66. The molecule has 0 aliphatic rings. The first-order valence-corrected chi connectivity index (χ1v) is 5.91. The topological polar surface area (TPSA) is 72.7 Å². The highest BCUT2D eigenvalue weighted by atomic mass is 35.5. The van der Waals surface area contributed by atoms with Crippen molar-refractivity contribution in [2.24, 2.45) is 0 Å². The van der Waals surface area contributed by atoms with Gasteiger partial charge >= 0.3 is 0 Å². The van der Waals surface area contributed by atoms with Gasteiger partial charge < -0.3 is 0 Å². The average molecular weight is 266 g/mol. The van der Waals surface area contributed by atoms with E-state index in [0.29, 0.717) is 23.1 Å². The smallest absolute Gasteiger partial charge is 0.258 e. The molecule has 0 atom stereocenters. The number of benzene rings is 1. The van der Waals surface area contributed by atoms with Crippen LogP contribution in [0.1, 0.15) is 23.7 Å². The van der Waals surface area contributed by atoms with Crippen molar-refractivity contribution < 1.29 is 4.79 Å². The molecular weight excluding hydrogens is 254 g/mol. The Labute approximate surface area is 109 Å². The average Bonchev–Trinajstić information content (AvgIpc) is 2.78. The second kappa shape index (κ2) is 5.59. The first-order chi connectivity index (χ1) is 8.70. The predicted octanol–water partition coefficient (Wildman–Crippen LogP) is 1.99. The monoisotopic (exact) mass is 265 g/mol. The third-order valence-corrected chi connectivity index (χ3v) is 2.55. The lowest BCUT2D eigenvalue weighted by molar-refractivity contribution is 0.102. The van der Waals surface area contributed by atoms with Crippen molar-refractivity contribution in [3.8, 4) is 0 Å². The Hall–Kier alpha value is -1.95. The molecule has 0 aliphatic heterocycles. The van der Waals surface area contributed by atoms with Gasteiger partial charge in [-0.2, -0.15) is 0 Å². The van der Waals surface area contributed by atoms with E-state index in [9.17, 15) is 4.79 Å². The molecule has 2 aromatic rings. The summed E-state index contributed by atoms with van der Waals surface area (Å²) in [4.78, 5) is 11.9. The summed E-state index contributed by atoms with van der Waals surface area (Å²) >= 11 is 5.76. The van der Waals surface area contributed by atoms with Crippen molar-refractivity contribution in [3.63, 3.8) is 0 Å². The molecular formula is C11H12ClN5O. The lowest BCUT2D eigenvalue weighted by Crippen LogP contribution is -2.16. The van der Waals surface area contributed by atoms with E-state index in [1.54, 1.807) is 28.9 Å². The highest BCUT2D eigenvalue weighted by Crippen LogP contribution is 2.11. The van der Waals surface area contributed by atoms with E-state index in [2.05, 4.69) is 20.8 Å². The Morgan fingerprint density at radius 3 is 2.78 bits per heavy atom. The minimum Gasteiger partial charge on any atom is -0.289 e. The minimum absolute atomic E-state index is 0.265. The third kappa shape index (κ3) is 2.84. The number of nitrogens with zero attached hydrogens (tertiary/aromatic N) is 4. The molecule has 1 amide bonds. The number of anilines is 1. The van der Waals surface area contributed by atoms with Crippen molar-refractivity contribution in [1.82, 2.24) is 20.2 Å². The van der Waals surface area contributed by atoms with Gasteiger partial charge in [0, 0.05) is 17.1 Å². The molecule has 0 radical (unpaired) electrons. The van der Waals surface area contributed by atoms with Gasteiger partial charge in [-0.15, -0.1) is 0 Å². The third-order valence-electron chi connectivity index (χ3n) is 2.30. The Balaban J connectivity index is 2.11. The van der Waals surface area contributed by atoms with Gasteiger partial charge in [0.1, 0.15) is 0 Å². The van der Waals surface area contributed by atoms with Crippen LogP contribution in [-0.2, 0) is 6.54 Å². The van der Waals surface area contributed by atoms with Crippen LogP contribution < -0.4 is 5.32 Å². The number of hydrogen-bond acceptors (Lipinski definition) is 4. The molecule has 18 heavy (non-hydrogen) atoms. The first kappa shape index (κ1) is 12.5. The summed E-state index contributed by atoms with van der Waals surface area (Å²) in [5.74, 6) is 0.0793. The van der Waals surface area contributed by atoms with Gasteiger partial charge in [-0.1, -0.05) is 23.6 Å². The van der Waals surface area contributed by atoms with Gasteiger partial charge in [0.25, 0.3) is 5.91 Å². The number of aromatic nitrogens is 4. The first-order valence-electron chi connectivity index (χ1n) is 5.54. The van der Waals surface area contributed by atoms with E-state index in [1.165, 1.54) is 0 Å². The number of nitrogens with one attached hydrogen (secondary N) is 1. The van der Waals surface area contributed by atoms with Crippen LogP contribution in [0.25, 0.3) is 0 Å². The quantitative estimate of drug-likeness (QED) is 0.918.